The average Bonchev–Trinajstić information content (AvgIpc) is 2.69. The van der Waals surface area contributed by atoms with Gasteiger partial charge in [-0.05, 0) is 52.6 Å². The third-order valence-electron chi connectivity index (χ3n) is 2.47. The van der Waals surface area contributed by atoms with E-state index in [0.29, 0.717) is 0 Å². The highest BCUT2D eigenvalue weighted by atomic mass is 79.9. The van der Waals surface area contributed by atoms with E-state index >= 15 is 0 Å². The normalized spacial score (nSPS) is 12.7. The summed E-state index contributed by atoms with van der Waals surface area (Å²) in [4.78, 5) is 0. The number of rotatable bonds is 2. The van der Waals surface area contributed by atoms with E-state index in [1.807, 2.05) is 6.07 Å². The fourth-order valence-corrected chi connectivity index (χ4v) is 2.79. The molecule has 1 heterocycles. The van der Waals surface area contributed by atoms with Crippen LogP contribution in [0.2, 0.25) is 0 Å². The first-order valence-electron chi connectivity index (χ1n) is 4.72. The van der Waals surface area contributed by atoms with Gasteiger partial charge in [0.15, 0.2) is 0 Å². The number of hydrogen-bond acceptors (Lipinski definition) is 2. The van der Waals surface area contributed by atoms with Gasteiger partial charge >= 0.3 is 0 Å². The summed E-state index contributed by atoms with van der Waals surface area (Å²) in [6, 6.07) is 8.29. The predicted molar refractivity (Wildman–Crippen MR) is 69.2 cm³/mol. The van der Waals surface area contributed by atoms with Crippen LogP contribution in [0.3, 0.4) is 0 Å². The highest BCUT2D eigenvalue weighted by Gasteiger charge is 2.11. The third-order valence-corrected chi connectivity index (χ3v) is 3.66. The van der Waals surface area contributed by atoms with E-state index in [9.17, 15) is 0 Å². The summed E-state index contributed by atoms with van der Waals surface area (Å²) in [5, 5.41) is 4.16. The monoisotopic (exact) mass is 281 g/mol. The molecule has 2 rings (SSSR count). The van der Waals surface area contributed by atoms with Gasteiger partial charge in [-0.25, -0.2) is 0 Å². The lowest BCUT2D eigenvalue weighted by atomic mass is 9.98. The number of nitrogens with two attached hydrogens (primary N) is 1. The number of halogens is 1. The van der Waals surface area contributed by atoms with Crippen LogP contribution in [0.1, 0.15) is 22.7 Å². The summed E-state index contributed by atoms with van der Waals surface area (Å²) < 4.78 is 1.10. The van der Waals surface area contributed by atoms with Crippen LogP contribution in [0.5, 0.6) is 0 Å². The second-order valence-corrected chi connectivity index (χ2v) is 5.23. The molecule has 0 saturated heterocycles. The van der Waals surface area contributed by atoms with Gasteiger partial charge in [0.05, 0.1) is 6.04 Å². The van der Waals surface area contributed by atoms with E-state index in [2.05, 4.69) is 51.8 Å². The first-order chi connectivity index (χ1) is 7.18. The van der Waals surface area contributed by atoms with Crippen molar-refractivity contribution in [3.05, 3.63) is 56.2 Å². The van der Waals surface area contributed by atoms with Gasteiger partial charge < -0.3 is 5.73 Å². The van der Waals surface area contributed by atoms with Gasteiger partial charge in [-0.1, -0.05) is 22.0 Å². The van der Waals surface area contributed by atoms with Crippen molar-refractivity contribution < 1.29 is 0 Å². The molecular formula is C12H12BrNS. The standard InChI is InChI=1S/C12H12BrNS/c1-8-6-10(13)2-3-11(8)12(14)9-4-5-15-7-9/h2-7,12H,14H2,1H3. The molecule has 78 valence electrons. The quantitative estimate of drug-likeness (QED) is 0.889. The zero-order valence-electron chi connectivity index (χ0n) is 8.41. The summed E-state index contributed by atoms with van der Waals surface area (Å²) in [5.74, 6) is 0. The molecule has 0 spiro atoms. The Labute approximate surface area is 102 Å². The molecule has 2 aromatic rings. The molecule has 1 unspecified atom stereocenters. The fourth-order valence-electron chi connectivity index (χ4n) is 1.62. The second kappa shape index (κ2) is 4.47. The molecule has 0 aliphatic heterocycles. The van der Waals surface area contributed by atoms with E-state index < -0.39 is 0 Å². The van der Waals surface area contributed by atoms with E-state index in [1.54, 1.807) is 11.3 Å². The average molecular weight is 282 g/mol. The van der Waals surface area contributed by atoms with Crippen molar-refractivity contribution in [3.63, 3.8) is 0 Å². The van der Waals surface area contributed by atoms with Crippen molar-refractivity contribution >= 4 is 27.3 Å². The Morgan fingerprint density at radius 1 is 1.33 bits per heavy atom. The largest absolute Gasteiger partial charge is 0.320 e. The molecule has 0 amide bonds. The Kier molecular flexibility index (Phi) is 3.24. The maximum absolute atomic E-state index is 6.20. The van der Waals surface area contributed by atoms with Crippen LogP contribution in [-0.2, 0) is 0 Å². The lowest BCUT2D eigenvalue weighted by molar-refractivity contribution is 0.866. The van der Waals surface area contributed by atoms with Gasteiger partial charge in [0.1, 0.15) is 0 Å². The number of hydrogen-bond donors (Lipinski definition) is 1. The number of aryl methyl sites for hydroxylation is 1. The van der Waals surface area contributed by atoms with E-state index in [0.717, 1.165) is 4.47 Å². The molecule has 2 N–H and O–H groups in total. The molecule has 0 aliphatic carbocycles. The molecule has 15 heavy (non-hydrogen) atoms. The topological polar surface area (TPSA) is 26.0 Å². The minimum Gasteiger partial charge on any atom is -0.320 e. The molecular weight excluding hydrogens is 270 g/mol. The number of benzene rings is 1. The molecule has 0 saturated carbocycles. The van der Waals surface area contributed by atoms with Gasteiger partial charge in [0.2, 0.25) is 0 Å². The Morgan fingerprint density at radius 3 is 2.73 bits per heavy atom. The zero-order valence-corrected chi connectivity index (χ0v) is 10.8. The molecule has 0 bridgehead atoms. The molecule has 1 nitrogen and oxygen atoms in total. The maximum atomic E-state index is 6.20. The third kappa shape index (κ3) is 2.30. The van der Waals surface area contributed by atoms with E-state index in [4.69, 9.17) is 5.73 Å². The van der Waals surface area contributed by atoms with Crippen molar-refractivity contribution in [1.82, 2.24) is 0 Å². The van der Waals surface area contributed by atoms with Crippen LogP contribution in [-0.4, -0.2) is 0 Å². The van der Waals surface area contributed by atoms with E-state index in [-0.39, 0.29) is 6.04 Å². The van der Waals surface area contributed by atoms with Gasteiger partial charge in [-0.15, -0.1) is 0 Å². The Morgan fingerprint density at radius 2 is 2.13 bits per heavy atom. The highest BCUT2D eigenvalue weighted by Crippen LogP contribution is 2.26. The van der Waals surface area contributed by atoms with Crippen LogP contribution in [0.4, 0.5) is 0 Å². The minimum atomic E-state index is -0.00986. The lowest BCUT2D eigenvalue weighted by Crippen LogP contribution is -2.12. The van der Waals surface area contributed by atoms with Gasteiger partial charge in [0, 0.05) is 4.47 Å². The van der Waals surface area contributed by atoms with Crippen molar-refractivity contribution in [1.29, 1.82) is 0 Å². The Hall–Kier alpha value is -0.640. The SMILES string of the molecule is Cc1cc(Br)ccc1C(N)c1ccsc1. The van der Waals surface area contributed by atoms with Gasteiger partial charge in [0.25, 0.3) is 0 Å². The van der Waals surface area contributed by atoms with Crippen LogP contribution in [0.25, 0.3) is 0 Å². The lowest BCUT2D eigenvalue weighted by Gasteiger charge is -2.13. The van der Waals surface area contributed by atoms with Gasteiger partial charge in [-0.3, -0.25) is 0 Å². The predicted octanol–water partition coefficient (Wildman–Crippen LogP) is 3.87. The van der Waals surface area contributed by atoms with Crippen LogP contribution in [0, 0.1) is 6.92 Å². The smallest absolute Gasteiger partial charge is 0.0562 e. The van der Waals surface area contributed by atoms with Gasteiger partial charge in [-0.2, -0.15) is 11.3 Å². The number of thiophene rings is 1. The molecule has 3 heteroatoms. The van der Waals surface area contributed by atoms with Crippen molar-refractivity contribution in [2.45, 2.75) is 13.0 Å². The molecule has 0 aliphatic rings. The Bertz CT molecular complexity index is 451. The second-order valence-electron chi connectivity index (χ2n) is 3.54. The fraction of sp³-hybridized carbons (Fsp3) is 0.167. The minimum absolute atomic E-state index is 0.00986. The van der Waals surface area contributed by atoms with Crippen LogP contribution < -0.4 is 5.73 Å². The Balaban J connectivity index is 2.38. The molecule has 1 aromatic heterocycles. The first-order valence-corrected chi connectivity index (χ1v) is 6.46. The molecule has 1 atom stereocenters. The summed E-state index contributed by atoms with van der Waals surface area (Å²) in [5.41, 5.74) is 9.80. The summed E-state index contributed by atoms with van der Waals surface area (Å²) in [6.07, 6.45) is 0. The highest BCUT2D eigenvalue weighted by molar-refractivity contribution is 9.10. The molecule has 1 aromatic carbocycles. The summed E-state index contributed by atoms with van der Waals surface area (Å²) in [7, 11) is 0. The zero-order chi connectivity index (χ0) is 10.8. The van der Waals surface area contributed by atoms with Crippen LogP contribution >= 0.6 is 27.3 Å². The first kappa shape index (κ1) is 10.9. The van der Waals surface area contributed by atoms with Crippen LogP contribution in [0.15, 0.2) is 39.5 Å². The molecule has 0 fully saturated rings. The van der Waals surface area contributed by atoms with Crippen molar-refractivity contribution in [2.24, 2.45) is 5.73 Å². The maximum Gasteiger partial charge on any atom is 0.0562 e. The van der Waals surface area contributed by atoms with E-state index in [1.165, 1.54) is 16.7 Å². The van der Waals surface area contributed by atoms with Crippen molar-refractivity contribution in [3.8, 4) is 0 Å². The summed E-state index contributed by atoms with van der Waals surface area (Å²) in [6.45, 7) is 2.09. The summed E-state index contributed by atoms with van der Waals surface area (Å²) >= 11 is 5.14. The molecule has 0 radical (unpaired) electrons. The van der Waals surface area contributed by atoms with Crippen molar-refractivity contribution in [2.75, 3.05) is 0 Å².